The Morgan fingerprint density at radius 2 is 2.33 bits per heavy atom. The van der Waals surface area contributed by atoms with Gasteiger partial charge in [0.05, 0.1) is 4.92 Å². The summed E-state index contributed by atoms with van der Waals surface area (Å²) in [4.78, 5) is 21.2. The summed E-state index contributed by atoms with van der Waals surface area (Å²) in [5.74, 6) is -0.498. The molecule has 0 aliphatic rings. The zero-order valence-electron chi connectivity index (χ0n) is 9.55. The third-order valence-electron chi connectivity index (χ3n) is 2.22. The smallest absolute Gasteiger partial charge is 0.312 e. The van der Waals surface area contributed by atoms with Gasteiger partial charge in [-0.15, -0.1) is 0 Å². The van der Waals surface area contributed by atoms with Crippen LogP contribution in [0.25, 0.3) is 0 Å². The van der Waals surface area contributed by atoms with Gasteiger partial charge >= 0.3 is 5.69 Å². The third-order valence-corrected chi connectivity index (χ3v) is 2.71. The fourth-order valence-corrected chi connectivity index (χ4v) is 1.59. The Labute approximate surface area is 112 Å². The van der Waals surface area contributed by atoms with Gasteiger partial charge in [0.1, 0.15) is 12.6 Å². The van der Waals surface area contributed by atoms with Crippen molar-refractivity contribution in [3.63, 3.8) is 0 Å². The number of amides is 1. The molecule has 1 aromatic rings. The minimum absolute atomic E-state index is 0.0751. The van der Waals surface area contributed by atoms with Crippen LogP contribution in [0, 0.1) is 10.1 Å². The van der Waals surface area contributed by atoms with Crippen molar-refractivity contribution in [3.8, 4) is 5.75 Å². The van der Waals surface area contributed by atoms with Crippen LogP contribution >= 0.6 is 15.9 Å². The van der Waals surface area contributed by atoms with E-state index < -0.39 is 16.9 Å². The van der Waals surface area contributed by atoms with Gasteiger partial charge in [0.2, 0.25) is 5.91 Å². The van der Waals surface area contributed by atoms with Gasteiger partial charge in [-0.05, 0) is 19.2 Å². The van der Waals surface area contributed by atoms with E-state index in [0.717, 1.165) is 0 Å². The molecule has 0 bridgehead atoms. The first kappa shape index (κ1) is 14.4. The van der Waals surface area contributed by atoms with Crippen molar-refractivity contribution in [3.05, 3.63) is 32.8 Å². The van der Waals surface area contributed by atoms with Gasteiger partial charge in [-0.2, -0.15) is 0 Å². The Hall–Kier alpha value is -1.67. The number of primary amides is 1. The molecule has 8 heteroatoms. The maximum Gasteiger partial charge on any atom is 0.312 e. The van der Waals surface area contributed by atoms with Gasteiger partial charge in [0.15, 0.2) is 5.75 Å². The van der Waals surface area contributed by atoms with Crippen molar-refractivity contribution in [1.82, 2.24) is 5.32 Å². The van der Waals surface area contributed by atoms with Crippen molar-refractivity contribution >= 4 is 27.5 Å². The van der Waals surface area contributed by atoms with E-state index in [2.05, 4.69) is 21.2 Å². The molecule has 0 saturated carbocycles. The minimum atomic E-state index is -0.701. The number of nitro groups is 1. The summed E-state index contributed by atoms with van der Waals surface area (Å²) in [6, 6.07) is 3.69. The lowest BCUT2D eigenvalue weighted by Crippen LogP contribution is -2.43. The van der Waals surface area contributed by atoms with E-state index in [1.54, 1.807) is 13.1 Å². The Bertz CT molecular complexity index is 466. The number of hydrogen-bond acceptors (Lipinski definition) is 5. The van der Waals surface area contributed by atoms with Crippen LogP contribution in [0.2, 0.25) is 0 Å². The van der Waals surface area contributed by atoms with Crippen LogP contribution in [0.1, 0.15) is 0 Å². The van der Waals surface area contributed by atoms with Crippen LogP contribution in [-0.4, -0.2) is 30.5 Å². The quantitative estimate of drug-likeness (QED) is 0.596. The topological polar surface area (TPSA) is 107 Å². The third kappa shape index (κ3) is 3.67. The number of carbonyl (C=O) groups is 1. The van der Waals surface area contributed by atoms with E-state index in [1.807, 2.05) is 0 Å². The summed E-state index contributed by atoms with van der Waals surface area (Å²) >= 11 is 3.14. The second kappa shape index (κ2) is 6.31. The Morgan fingerprint density at radius 3 is 2.83 bits per heavy atom. The molecule has 1 aromatic carbocycles. The number of benzene rings is 1. The Morgan fingerprint density at radius 1 is 1.67 bits per heavy atom. The molecule has 3 N–H and O–H groups in total. The number of nitrogens with one attached hydrogen (secondary N) is 1. The summed E-state index contributed by atoms with van der Waals surface area (Å²) < 4.78 is 5.81. The molecule has 1 amide bonds. The fraction of sp³-hybridized carbons (Fsp3) is 0.300. The molecular weight excluding hydrogens is 306 g/mol. The van der Waals surface area contributed by atoms with E-state index in [-0.39, 0.29) is 18.0 Å². The second-order valence-corrected chi connectivity index (χ2v) is 4.34. The Kier molecular flexibility index (Phi) is 5.05. The highest BCUT2D eigenvalue weighted by Gasteiger charge is 2.19. The normalized spacial score (nSPS) is 11.9. The average molecular weight is 318 g/mol. The van der Waals surface area contributed by atoms with Gasteiger partial charge in [-0.1, -0.05) is 15.9 Å². The molecule has 0 heterocycles. The molecule has 0 spiro atoms. The van der Waals surface area contributed by atoms with Gasteiger partial charge in [0.25, 0.3) is 0 Å². The first-order valence-corrected chi connectivity index (χ1v) is 5.78. The predicted octanol–water partition coefficient (Wildman–Crippen LogP) is 0.809. The predicted molar refractivity (Wildman–Crippen MR) is 68.3 cm³/mol. The van der Waals surface area contributed by atoms with Crippen molar-refractivity contribution in [2.75, 3.05) is 13.7 Å². The van der Waals surface area contributed by atoms with Gasteiger partial charge in [0, 0.05) is 10.5 Å². The molecule has 0 aliphatic heterocycles. The second-order valence-electron chi connectivity index (χ2n) is 3.42. The molecule has 1 atom stereocenters. The molecule has 1 unspecified atom stereocenters. The number of likely N-dealkylation sites (N-methyl/N-ethyl adjacent to an activating group) is 1. The number of halogens is 1. The number of rotatable bonds is 6. The molecule has 98 valence electrons. The standard InChI is InChI=1S/C10H12BrN3O4/c1-13-7(10(12)15)5-18-9-3-2-6(11)4-8(9)14(16)17/h2-4,7,13H,5H2,1H3,(H2,12,15). The molecule has 18 heavy (non-hydrogen) atoms. The molecule has 0 radical (unpaired) electrons. The number of ether oxygens (including phenoxy) is 1. The van der Waals surface area contributed by atoms with Crippen LogP contribution < -0.4 is 15.8 Å². The van der Waals surface area contributed by atoms with E-state index in [1.165, 1.54) is 12.1 Å². The summed E-state index contributed by atoms with van der Waals surface area (Å²) in [5, 5.41) is 13.5. The molecule has 0 aliphatic carbocycles. The molecular formula is C10H12BrN3O4. The molecule has 7 nitrogen and oxygen atoms in total. The maximum absolute atomic E-state index is 11.0. The van der Waals surface area contributed by atoms with Crippen LogP contribution in [0.15, 0.2) is 22.7 Å². The number of nitro benzene ring substituents is 1. The van der Waals surface area contributed by atoms with Crippen molar-refractivity contribution in [1.29, 1.82) is 0 Å². The highest BCUT2D eigenvalue weighted by Crippen LogP contribution is 2.30. The zero-order valence-corrected chi connectivity index (χ0v) is 11.1. The van der Waals surface area contributed by atoms with Crippen molar-refractivity contribution < 1.29 is 14.5 Å². The monoisotopic (exact) mass is 317 g/mol. The van der Waals surface area contributed by atoms with Crippen LogP contribution in [0.3, 0.4) is 0 Å². The SMILES string of the molecule is CNC(COc1ccc(Br)cc1[N+](=O)[O-])C(N)=O. The first-order chi connectivity index (χ1) is 8.45. The Balaban J connectivity index is 2.84. The number of nitrogens with zero attached hydrogens (tertiary/aromatic N) is 1. The summed E-state index contributed by atoms with van der Waals surface area (Å²) in [5.41, 5.74) is 4.93. The zero-order chi connectivity index (χ0) is 13.7. The number of hydrogen-bond donors (Lipinski definition) is 2. The van der Waals surface area contributed by atoms with Crippen molar-refractivity contribution in [2.24, 2.45) is 5.73 Å². The molecule has 0 aromatic heterocycles. The van der Waals surface area contributed by atoms with Gasteiger partial charge in [-0.3, -0.25) is 14.9 Å². The van der Waals surface area contributed by atoms with E-state index in [4.69, 9.17) is 10.5 Å². The van der Waals surface area contributed by atoms with Crippen LogP contribution in [0.5, 0.6) is 5.75 Å². The molecule has 0 fully saturated rings. The van der Waals surface area contributed by atoms with Gasteiger partial charge < -0.3 is 15.8 Å². The fourth-order valence-electron chi connectivity index (χ4n) is 1.24. The van der Waals surface area contributed by atoms with Crippen LogP contribution in [-0.2, 0) is 4.79 Å². The lowest BCUT2D eigenvalue weighted by atomic mass is 10.3. The summed E-state index contributed by atoms with van der Waals surface area (Å²) in [7, 11) is 1.55. The minimum Gasteiger partial charge on any atom is -0.485 e. The first-order valence-electron chi connectivity index (χ1n) is 4.99. The average Bonchev–Trinajstić information content (AvgIpc) is 2.30. The largest absolute Gasteiger partial charge is 0.485 e. The summed E-state index contributed by atoms with van der Waals surface area (Å²) in [6.07, 6.45) is 0. The van der Waals surface area contributed by atoms with Crippen molar-refractivity contribution in [2.45, 2.75) is 6.04 Å². The van der Waals surface area contributed by atoms with E-state index >= 15 is 0 Å². The number of carbonyl (C=O) groups excluding carboxylic acids is 1. The maximum atomic E-state index is 11.0. The van der Waals surface area contributed by atoms with Crippen LogP contribution in [0.4, 0.5) is 5.69 Å². The molecule has 1 rings (SSSR count). The lowest BCUT2D eigenvalue weighted by molar-refractivity contribution is -0.386. The highest BCUT2D eigenvalue weighted by atomic mass is 79.9. The van der Waals surface area contributed by atoms with E-state index in [9.17, 15) is 14.9 Å². The lowest BCUT2D eigenvalue weighted by Gasteiger charge is -2.13. The number of nitrogens with two attached hydrogens (primary N) is 1. The highest BCUT2D eigenvalue weighted by molar-refractivity contribution is 9.10. The molecule has 0 saturated heterocycles. The summed E-state index contributed by atoms with van der Waals surface area (Å²) in [6.45, 7) is -0.0751. The van der Waals surface area contributed by atoms with Gasteiger partial charge in [-0.25, -0.2) is 0 Å². The van der Waals surface area contributed by atoms with E-state index in [0.29, 0.717) is 4.47 Å².